The fourth-order valence-electron chi connectivity index (χ4n) is 4.89. The van der Waals surface area contributed by atoms with Crippen LogP contribution in [-0.2, 0) is 36.7 Å². The van der Waals surface area contributed by atoms with Gasteiger partial charge in [0, 0.05) is 46.3 Å². The van der Waals surface area contributed by atoms with Crippen LogP contribution in [0.1, 0.15) is 43.5 Å². The molecule has 4 heterocycles. The van der Waals surface area contributed by atoms with Crippen molar-refractivity contribution in [2.24, 2.45) is 14.1 Å². The maximum Gasteiger partial charge on any atom is 0.346 e. The van der Waals surface area contributed by atoms with Gasteiger partial charge in [0.1, 0.15) is 12.4 Å². The predicted octanol–water partition coefficient (Wildman–Crippen LogP) is -0.821. The second-order valence-electron chi connectivity index (χ2n) is 9.39. The van der Waals surface area contributed by atoms with Crippen molar-refractivity contribution in [2.45, 2.75) is 50.7 Å². The van der Waals surface area contributed by atoms with Crippen molar-refractivity contribution in [3.05, 3.63) is 43.5 Å². The molecule has 3 aromatic heterocycles. The van der Waals surface area contributed by atoms with E-state index in [1.165, 1.54) is 27.2 Å². The minimum Gasteiger partial charge on any atom is -0.383 e. The zero-order valence-corrected chi connectivity index (χ0v) is 20.2. The molecule has 2 fully saturated rings. The van der Waals surface area contributed by atoms with Gasteiger partial charge in [0.25, 0.3) is 5.56 Å². The molecule has 1 saturated heterocycles. The van der Waals surface area contributed by atoms with Crippen molar-refractivity contribution in [2.75, 3.05) is 26.8 Å². The van der Waals surface area contributed by atoms with Crippen LogP contribution in [0.2, 0.25) is 0 Å². The monoisotopic (exact) mass is 486 g/mol. The van der Waals surface area contributed by atoms with E-state index < -0.39 is 11.2 Å². The van der Waals surface area contributed by atoms with Gasteiger partial charge in [-0.25, -0.2) is 19.3 Å². The molecule has 5 rings (SSSR count). The third-order valence-corrected chi connectivity index (χ3v) is 6.98. The van der Waals surface area contributed by atoms with Gasteiger partial charge in [-0.05, 0) is 25.7 Å². The third kappa shape index (κ3) is 4.03. The van der Waals surface area contributed by atoms with Gasteiger partial charge in [-0.15, -0.1) is 0 Å². The number of hydrogen-bond donors (Lipinski definition) is 0. The number of likely N-dealkylation sites (tertiary alicyclic amines) is 1. The molecule has 188 valence electrons. The molecule has 1 atom stereocenters. The van der Waals surface area contributed by atoms with Crippen molar-refractivity contribution in [1.29, 1.82) is 0 Å². The van der Waals surface area contributed by atoms with Gasteiger partial charge in [0.2, 0.25) is 5.91 Å². The first-order valence-electron chi connectivity index (χ1n) is 11.9. The molecule has 0 bridgehead atoms. The van der Waals surface area contributed by atoms with Gasteiger partial charge < -0.3 is 14.2 Å². The highest BCUT2D eigenvalue weighted by Gasteiger charge is 2.35. The maximum absolute atomic E-state index is 13.3. The van der Waals surface area contributed by atoms with Gasteiger partial charge in [-0.2, -0.15) is 5.10 Å². The van der Waals surface area contributed by atoms with Crippen LogP contribution in [0.15, 0.2) is 20.7 Å². The molecule has 1 saturated carbocycles. The number of hydrogen-bond acceptors (Lipinski definition) is 7. The maximum atomic E-state index is 13.3. The summed E-state index contributed by atoms with van der Waals surface area (Å²) >= 11 is 0. The number of aryl methyl sites for hydroxylation is 1. The molecule has 13 heteroatoms. The van der Waals surface area contributed by atoms with Crippen LogP contribution in [0.4, 0.5) is 0 Å². The lowest BCUT2D eigenvalue weighted by Crippen LogP contribution is -2.42. The van der Waals surface area contributed by atoms with E-state index in [-0.39, 0.29) is 41.3 Å². The van der Waals surface area contributed by atoms with E-state index in [0.29, 0.717) is 26.2 Å². The molecular formula is C22H30N8O5. The summed E-state index contributed by atoms with van der Waals surface area (Å²) in [5.41, 5.74) is -0.604. The summed E-state index contributed by atoms with van der Waals surface area (Å²) in [6.07, 6.45) is 4.98. The first kappa shape index (κ1) is 23.3. The summed E-state index contributed by atoms with van der Waals surface area (Å²) in [7, 11) is 4.54. The molecule has 1 unspecified atom stereocenters. The predicted molar refractivity (Wildman–Crippen MR) is 125 cm³/mol. The lowest BCUT2D eigenvalue weighted by Gasteiger charge is -2.32. The molecule has 35 heavy (non-hydrogen) atoms. The summed E-state index contributed by atoms with van der Waals surface area (Å²) < 4.78 is 12.2. The minimum absolute atomic E-state index is 0.0435. The Balaban J connectivity index is 1.39. The highest BCUT2D eigenvalue weighted by Crippen LogP contribution is 2.37. The molecule has 1 aliphatic carbocycles. The topological polar surface area (TPSA) is 131 Å². The summed E-state index contributed by atoms with van der Waals surface area (Å²) in [5.74, 6) is 0.546. The van der Waals surface area contributed by atoms with Gasteiger partial charge in [-0.3, -0.25) is 23.3 Å². The average molecular weight is 487 g/mol. The van der Waals surface area contributed by atoms with Gasteiger partial charge in [-0.1, -0.05) is 0 Å². The number of piperidine rings is 1. The zero-order valence-electron chi connectivity index (χ0n) is 20.2. The van der Waals surface area contributed by atoms with Gasteiger partial charge >= 0.3 is 11.4 Å². The van der Waals surface area contributed by atoms with Crippen LogP contribution in [0.3, 0.4) is 0 Å². The van der Waals surface area contributed by atoms with Crippen LogP contribution in [0.25, 0.3) is 11.2 Å². The van der Waals surface area contributed by atoms with Gasteiger partial charge in [0.05, 0.1) is 19.5 Å². The zero-order chi connectivity index (χ0) is 24.9. The number of fused-ring (bicyclic) bond motifs is 1. The standard InChI is InChI=1S/C22H30N8O5/c1-25-19-17(20(32)26(2)21(25)33)28(13-23-19)12-16(31)27-8-4-5-14(11-27)18-24-29(9-10-35-3)22(34)30(18)15-6-7-15/h13-15H,4-12H2,1-3H3. The first-order valence-corrected chi connectivity index (χ1v) is 11.9. The molecule has 0 aromatic carbocycles. The van der Waals surface area contributed by atoms with Crippen molar-refractivity contribution >= 4 is 17.1 Å². The van der Waals surface area contributed by atoms with Crippen LogP contribution in [0, 0.1) is 0 Å². The lowest BCUT2D eigenvalue weighted by molar-refractivity contribution is -0.133. The Bertz CT molecular complexity index is 1450. The van der Waals surface area contributed by atoms with Crippen molar-refractivity contribution in [3.63, 3.8) is 0 Å². The third-order valence-electron chi connectivity index (χ3n) is 6.98. The Hall–Kier alpha value is -3.48. The van der Waals surface area contributed by atoms with Crippen LogP contribution in [-0.4, -0.2) is 70.6 Å². The Labute approximate surface area is 200 Å². The summed E-state index contributed by atoms with van der Waals surface area (Å²) in [5, 5.41) is 4.64. The fraction of sp³-hybridized carbons (Fsp3) is 0.636. The Morgan fingerprint density at radius 2 is 1.89 bits per heavy atom. The molecule has 3 aromatic rings. The van der Waals surface area contributed by atoms with Crippen LogP contribution in [0.5, 0.6) is 0 Å². The fourth-order valence-corrected chi connectivity index (χ4v) is 4.89. The number of nitrogens with zero attached hydrogens (tertiary/aromatic N) is 8. The van der Waals surface area contributed by atoms with E-state index in [0.717, 1.165) is 36.1 Å². The van der Waals surface area contributed by atoms with Gasteiger partial charge in [0.15, 0.2) is 11.2 Å². The largest absolute Gasteiger partial charge is 0.383 e. The Morgan fingerprint density at radius 1 is 1.11 bits per heavy atom. The van der Waals surface area contributed by atoms with E-state index in [1.807, 2.05) is 4.57 Å². The summed E-state index contributed by atoms with van der Waals surface area (Å²) in [6.45, 7) is 1.78. The highest BCUT2D eigenvalue weighted by molar-refractivity contribution is 5.79. The number of carbonyl (C=O) groups is 1. The SMILES string of the molecule is COCCn1nc(C2CCCN(C(=O)Cn3cnc4c3c(=O)n(C)c(=O)n4C)C2)n(C2CC2)c1=O. The van der Waals surface area contributed by atoms with Crippen LogP contribution >= 0.6 is 0 Å². The van der Waals surface area contributed by atoms with E-state index in [2.05, 4.69) is 10.1 Å². The summed E-state index contributed by atoms with van der Waals surface area (Å²) in [4.78, 5) is 57.1. The van der Waals surface area contributed by atoms with Crippen molar-refractivity contribution in [3.8, 4) is 0 Å². The Kier molecular flexibility index (Phi) is 5.95. The van der Waals surface area contributed by atoms with E-state index >= 15 is 0 Å². The highest BCUT2D eigenvalue weighted by atomic mass is 16.5. The molecule has 2 aliphatic rings. The second-order valence-corrected chi connectivity index (χ2v) is 9.39. The molecular weight excluding hydrogens is 456 g/mol. The van der Waals surface area contributed by atoms with Crippen molar-refractivity contribution < 1.29 is 9.53 Å². The summed E-state index contributed by atoms with van der Waals surface area (Å²) in [6, 6.07) is 0.181. The number of methoxy groups -OCH3 is 1. The molecule has 0 N–H and O–H groups in total. The molecule has 1 amide bonds. The number of imidazole rings is 1. The smallest absolute Gasteiger partial charge is 0.346 e. The Morgan fingerprint density at radius 3 is 2.60 bits per heavy atom. The molecule has 0 spiro atoms. The number of rotatable bonds is 7. The van der Waals surface area contributed by atoms with E-state index in [9.17, 15) is 19.2 Å². The minimum atomic E-state index is -0.486. The van der Waals surface area contributed by atoms with E-state index in [1.54, 1.807) is 19.1 Å². The normalized spacial score (nSPS) is 18.5. The molecule has 1 aliphatic heterocycles. The molecule has 0 radical (unpaired) electrons. The first-order chi connectivity index (χ1) is 16.8. The number of ether oxygens (including phenoxy) is 1. The van der Waals surface area contributed by atoms with E-state index in [4.69, 9.17) is 4.74 Å². The lowest BCUT2D eigenvalue weighted by atomic mass is 9.97. The quantitative estimate of drug-likeness (QED) is 0.426. The average Bonchev–Trinajstić information content (AvgIpc) is 3.53. The number of aromatic nitrogens is 7. The number of carbonyl (C=O) groups excluding carboxylic acids is 1. The second kappa shape index (κ2) is 8.95. The van der Waals surface area contributed by atoms with Crippen molar-refractivity contribution in [1.82, 2.24) is 37.9 Å². The van der Waals surface area contributed by atoms with Crippen LogP contribution < -0.4 is 16.9 Å². The molecule has 13 nitrogen and oxygen atoms in total. The number of amides is 1.